The smallest absolute Gasteiger partial charge is 0.0682 e. The number of fused-ring (bicyclic) bond motifs is 11. The number of aliphatic imine (C=N–C) groups is 1. The van der Waals surface area contributed by atoms with Crippen molar-refractivity contribution in [1.29, 1.82) is 0 Å². The summed E-state index contributed by atoms with van der Waals surface area (Å²) in [5, 5.41) is 5.17. The predicted molar refractivity (Wildman–Crippen MR) is 249 cm³/mol. The molecule has 11 rings (SSSR count). The van der Waals surface area contributed by atoms with E-state index in [2.05, 4.69) is 214 Å². The maximum Gasteiger partial charge on any atom is 0.0682 e. The summed E-state index contributed by atoms with van der Waals surface area (Å²) >= 11 is 0. The minimum Gasteiger partial charge on any atom is -0.256 e. The largest absolute Gasteiger partial charge is 0.256 e. The summed E-state index contributed by atoms with van der Waals surface area (Å²) in [4.78, 5) is 5.37. The van der Waals surface area contributed by atoms with Gasteiger partial charge in [-0.15, -0.1) is 0 Å². The van der Waals surface area contributed by atoms with Crippen molar-refractivity contribution in [3.63, 3.8) is 0 Å². The number of allylic oxidation sites excluding steroid dienone is 5. The minimum atomic E-state index is -0.410. The van der Waals surface area contributed by atoms with Crippen molar-refractivity contribution in [3.8, 4) is 0 Å². The van der Waals surface area contributed by atoms with E-state index < -0.39 is 5.41 Å². The lowest BCUT2D eigenvalue weighted by atomic mass is 9.54. The van der Waals surface area contributed by atoms with E-state index in [1.54, 1.807) is 0 Å². The van der Waals surface area contributed by atoms with E-state index in [1.165, 1.54) is 82.8 Å². The minimum absolute atomic E-state index is 0.139. The highest BCUT2D eigenvalue weighted by atomic mass is 14.7. The van der Waals surface area contributed by atoms with Crippen LogP contribution in [0.2, 0.25) is 0 Å². The molecule has 3 aliphatic carbocycles. The highest BCUT2D eigenvalue weighted by molar-refractivity contribution is 6.09. The fraction of sp³-hybridized carbons (Fsp3) is 0.121. The van der Waals surface area contributed by atoms with Gasteiger partial charge in [0.05, 0.1) is 11.1 Å². The summed E-state index contributed by atoms with van der Waals surface area (Å²) in [5.41, 5.74) is 17.8. The van der Waals surface area contributed by atoms with Crippen LogP contribution in [0.3, 0.4) is 0 Å². The van der Waals surface area contributed by atoms with Gasteiger partial charge in [-0.3, -0.25) is 4.99 Å². The molecule has 8 aromatic carbocycles. The quantitative estimate of drug-likeness (QED) is 0.118. The third kappa shape index (κ3) is 5.56. The maximum absolute atomic E-state index is 5.37. The highest BCUT2D eigenvalue weighted by Gasteiger charge is 2.54. The van der Waals surface area contributed by atoms with Gasteiger partial charge in [-0.25, -0.2) is 0 Å². The monoisotopic (exact) mass is 755 g/mol. The predicted octanol–water partition coefficient (Wildman–Crippen LogP) is 14.3. The van der Waals surface area contributed by atoms with Crippen LogP contribution < -0.4 is 0 Å². The Kier molecular flexibility index (Phi) is 8.34. The van der Waals surface area contributed by atoms with Gasteiger partial charge in [0, 0.05) is 17.2 Å². The van der Waals surface area contributed by atoms with Gasteiger partial charge in [-0.1, -0.05) is 202 Å². The fourth-order valence-electron chi connectivity index (χ4n) is 10.7. The molecule has 3 aliphatic rings. The van der Waals surface area contributed by atoms with E-state index >= 15 is 0 Å². The zero-order valence-electron chi connectivity index (χ0n) is 33.6. The van der Waals surface area contributed by atoms with Crippen molar-refractivity contribution >= 4 is 44.6 Å². The Labute approximate surface area is 347 Å². The topological polar surface area (TPSA) is 12.4 Å². The first-order valence-corrected chi connectivity index (χ1v) is 21.1. The van der Waals surface area contributed by atoms with Crippen LogP contribution in [-0.2, 0) is 17.3 Å². The van der Waals surface area contributed by atoms with Gasteiger partial charge >= 0.3 is 0 Å². The molecular formula is C58H45N. The summed E-state index contributed by atoms with van der Waals surface area (Å²) in [7, 11) is 0. The molecule has 0 saturated carbocycles. The van der Waals surface area contributed by atoms with Crippen LogP contribution in [0.1, 0.15) is 82.3 Å². The van der Waals surface area contributed by atoms with Gasteiger partial charge < -0.3 is 0 Å². The molecule has 282 valence electrons. The van der Waals surface area contributed by atoms with Gasteiger partial charge in [0.25, 0.3) is 0 Å². The molecule has 0 amide bonds. The molecule has 0 unspecified atom stereocenters. The average molecular weight is 756 g/mol. The van der Waals surface area contributed by atoms with Gasteiger partial charge in [0.1, 0.15) is 0 Å². The second-order valence-electron chi connectivity index (χ2n) is 16.9. The van der Waals surface area contributed by atoms with E-state index in [4.69, 9.17) is 4.99 Å². The lowest BCUT2D eigenvalue weighted by molar-refractivity contribution is 0.550. The van der Waals surface area contributed by atoms with Crippen molar-refractivity contribution in [2.45, 2.75) is 43.9 Å². The van der Waals surface area contributed by atoms with Crippen LogP contribution in [0.5, 0.6) is 0 Å². The molecule has 0 saturated heterocycles. The van der Waals surface area contributed by atoms with Crippen molar-refractivity contribution in [2.24, 2.45) is 4.99 Å². The van der Waals surface area contributed by atoms with Crippen molar-refractivity contribution in [1.82, 2.24) is 0 Å². The number of hydrogen-bond donors (Lipinski definition) is 0. The van der Waals surface area contributed by atoms with Crippen LogP contribution >= 0.6 is 0 Å². The van der Waals surface area contributed by atoms with E-state index in [9.17, 15) is 0 Å². The molecule has 1 spiro atoms. The van der Waals surface area contributed by atoms with Crippen LogP contribution in [0.4, 0.5) is 0 Å². The normalized spacial score (nSPS) is 16.2. The average Bonchev–Trinajstić information content (AvgIpc) is 3.59. The van der Waals surface area contributed by atoms with Crippen molar-refractivity contribution in [3.05, 3.63) is 255 Å². The van der Waals surface area contributed by atoms with E-state index in [-0.39, 0.29) is 5.41 Å². The lowest BCUT2D eigenvalue weighted by Gasteiger charge is -2.48. The second-order valence-corrected chi connectivity index (χ2v) is 16.9. The zero-order chi connectivity index (χ0) is 39.6. The Morgan fingerprint density at radius 3 is 1.95 bits per heavy atom. The maximum atomic E-state index is 5.37. The molecule has 0 bridgehead atoms. The number of rotatable bonds is 6. The first kappa shape index (κ1) is 35.3. The Bertz CT molecular complexity index is 3030. The van der Waals surface area contributed by atoms with E-state index in [0.717, 1.165) is 36.1 Å². The SMILES string of the molecule is CC1(C)c2ccccc2C2(C3=C(C=C(c4ccc5c(ccc6ccccc65)c4)CC3)c3c(C=N/C(=C\Cc4ccccc4)c4ccccc4)cccc32)c2ccccc21. The third-order valence-electron chi connectivity index (χ3n) is 13.4. The molecule has 0 fully saturated rings. The molecule has 0 heterocycles. The standard InChI is InChI=1S/C58H45N/c1-57(2)50-23-11-13-25-52(50)58(53-26-14-12-24-51(53)57)49-34-32-43(42-31-33-47-44(36-42)30-29-40-18-9-10-22-46(40)47)37-48(49)56-45(21-15-27-54(56)58)38-59-55(41-19-7-4-8-20-41)35-28-39-16-5-3-6-17-39/h3-27,29-31,33,35-38H,28,32,34H2,1-2H3/b55-35-,59-38?. The Balaban J connectivity index is 1.13. The molecule has 1 nitrogen and oxygen atoms in total. The van der Waals surface area contributed by atoms with Crippen LogP contribution in [-0.4, -0.2) is 6.21 Å². The van der Waals surface area contributed by atoms with Crippen molar-refractivity contribution < 1.29 is 0 Å². The molecule has 0 atom stereocenters. The molecular weight excluding hydrogens is 711 g/mol. The molecule has 1 heteroatoms. The number of hydrogen-bond acceptors (Lipinski definition) is 1. The highest BCUT2D eigenvalue weighted by Crippen LogP contribution is 2.64. The van der Waals surface area contributed by atoms with Gasteiger partial charge in [0.15, 0.2) is 0 Å². The number of nitrogens with zero attached hydrogens (tertiary/aromatic N) is 1. The first-order chi connectivity index (χ1) is 29.0. The van der Waals surface area contributed by atoms with Crippen LogP contribution in [0, 0.1) is 0 Å². The summed E-state index contributed by atoms with van der Waals surface area (Å²) in [5.74, 6) is 0. The van der Waals surface area contributed by atoms with E-state index in [0.29, 0.717) is 0 Å². The molecule has 0 N–H and O–H groups in total. The lowest BCUT2D eigenvalue weighted by Crippen LogP contribution is -2.41. The zero-order valence-corrected chi connectivity index (χ0v) is 33.6. The molecule has 0 aliphatic heterocycles. The molecule has 8 aromatic rings. The van der Waals surface area contributed by atoms with Gasteiger partial charge in [-0.05, 0) is 114 Å². The third-order valence-corrected chi connectivity index (χ3v) is 13.4. The van der Waals surface area contributed by atoms with Crippen molar-refractivity contribution in [2.75, 3.05) is 0 Å². The Hall–Kier alpha value is -6.83. The second kappa shape index (κ2) is 13.9. The van der Waals surface area contributed by atoms with Crippen LogP contribution in [0.15, 0.2) is 205 Å². The van der Waals surface area contributed by atoms with Gasteiger partial charge in [0.2, 0.25) is 0 Å². The molecule has 0 aromatic heterocycles. The van der Waals surface area contributed by atoms with Gasteiger partial charge in [-0.2, -0.15) is 0 Å². The summed E-state index contributed by atoms with van der Waals surface area (Å²) in [6, 6.07) is 67.1. The number of benzene rings is 8. The summed E-state index contributed by atoms with van der Waals surface area (Å²) in [6.45, 7) is 4.81. The Morgan fingerprint density at radius 1 is 0.559 bits per heavy atom. The summed E-state index contributed by atoms with van der Waals surface area (Å²) in [6.07, 6.45) is 9.71. The Morgan fingerprint density at radius 2 is 1.19 bits per heavy atom. The fourth-order valence-corrected chi connectivity index (χ4v) is 10.7. The van der Waals surface area contributed by atoms with Crippen LogP contribution in [0.25, 0.3) is 38.4 Å². The molecule has 0 radical (unpaired) electrons. The molecule has 59 heavy (non-hydrogen) atoms. The summed E-state index contributed by atoms with van der Waals surface area (Å²) < 4.78 is 0. The van der Waals surface area contributed by atoms with E-state index in [1.807, 2.05) is 0 Å². The first-order valence-electron chi connectivity index (χ1n) is 21.1.